The minimum atomic E-state index is 0.392. The lowest BCUT2D eigenvalue weighted by atomic mass is 10.0. The van der Waals surface area contributed by atoms with Crippen LogP contribution in [0.2, 0.25) is 10.0 Å². The van der Waals surface area contributed by atoms with Crippen molar-refractivity contribution in [1.82, 2.24) is 0 Å². The van der Waals surface area contributed by atoms with Crippen LogP contribution in [-0.4, -0.2) is 14.2 Å². The third kappa shape index (κ3) is 2.62. The number of ether oxygens (including phenoxy) is 2. The second-order valence-corrected chi connectivity index (χ2v) is 6.16. The summed E-state index contributed by atoms with van der Waals surface area (Å²) in [6, 6.07) is 10.5. The fourth-order valence-electron chi connectivity index (χ4n) is 2.79. The Labute approximate surface area is 149 Å². The number of hydrogen-bond acceptors (Lipinski definition) is 3. The average molecular weight is 364 g/mol. The van der Waals surface area contributed by atoms with E-state index >= 15 is 0 Å². The summed E-state index contributed by atoms with van der Waals surface area (Å²) in [6.45, 7) is 1.75. The molecule has 3 rings (SSSR count). The van der Waals surface area contributed by atoms with Crippen LogP contribution in [0.3, 0.4) is 0 Å². The first kappa shape index (κ1) is 16.7. The van der Waals surface area contributed by atoms with Gasteiger partial charge in [-0.05, 0) is 35.7 Å². The molecule has 0 spiro atoms. The number of halogens is 2. The van der Waals surface area contributed by atoms with Crippen LogP contribution in [0.1, 0.15) is 5.69 Å². The minimum absolute atomic E-state index is 0.392. The maximum absolute atomic E-state index is 12.8. The van der Waals surface area contributed by atoms with Crippen LogP contribution in [0.15, 0.2) is 36.4 Å². The van der Waals surface area contributed by atoms with E-state index in [2.05, 4.69) is 0 Å². The lowest BCUT2D eigenvalue weighted by Gasteiger charge is -2.16. The highest BCUT2D eigenvalue weighted by Gasteiger charge is 2.24. The van der Waals surface area contributed by atoms with E-state index < -0.39 is 0 Å². The Morgan fingerprint density at radius 2 is 1.75 bits per heavy atom. The van der Waals surface area contributed by atoms with Crippen molar-refractivity contribution in [2.75, 3.05) is 14.2 Å². The maximum Gasteiger partial charge on any atom is 0.237 e. The van der Waals surface area contributed by atoms with Crippen molar-refractivity contribution in [3.8, 4) is 22.8 Å². The largest absolute Gasteiger partial charge is 0.618 e. The molecule has 0 N–H and O–H groups in total. The standard InChI is InChI=1S/C18H15Cl2NO3/c1-10-8-11-4-7-15(23-2)18(24-3)16(11)17(21(10)22)13-6-5-12(19)9-14(13)20/h4-9H,1-3H3. The zero-order valence-electron chi connectivity index (χ0n) is 13.4. The first-order valence-electron chi connectivity index (χ1n) is 7.21. The Kier molecular flexibility index (Phi) is 4.43. The minimum Gasteiger partial charge on any atom is -0.618 e. The summed E-state index contributed by atoms with van der Waals surface area (Å²) >= 11 is 12.3. The fraction of sp³-hybridized carbons (Fsp3) is 0.167. The summed E-state index contributed by atoms with van der Waals surface area (Å²) < 4.78 is 11.7. The van der Waals surface area contributed by atoms with E-state index in [1.165, 1.54) is 0 Å². The smallest absolute Gasteiger partial charge is 0.237 e. The van der Waals surface area contributed by atoms with E-state index in [-0.39, 0.29) is 0 Å². The molecule has 0 radical (unpaired) electrons. The summed E-state index contributed by atoms with van der Waals surface area (Å²) in [6.07, 6.45) is 0. The molecule has 0 bridgehead atoms. The van der Waals surface area contributed by atoms with Crippen molar-refractivity contribution in [2.45, 2.75) is 6.92 Å². The molecular weight excluding hydrogens is 349 g/mol. The number of rotatable bonds is 3. The molecule has 4 nitrogen and oxygen atoms in total. The molecule has 2 aromatic carbocycles. The lowest BCUT2D eigenvalue weighted by Crippen LogP contribution is -2.33. The number of aryl methyl sites for hydroxylation is 1. The van der Waals surface area contributed by atoms with E-state index in [9.17, 15) is 5.21 Å². The number of hydrogen-bond donors (Lipinski definition) is 0. The molecule has 0 saturated carbocycles. The van der Waals surface area contributed by atoms with Crippen molar-refractivity contribution in [3.05, 3.63) is 57.3 Å². The van der Waals surface area contributed by atoms with Crippen molar-refractivity contribution in [2.24, 2.45) is 0 Å². The van der Waals surface area contributed by atoms with E-state index in [4.69, 9.17) is 32.7 Å². The summed E-state index contributed by atoms with van der Waals surface area (Å²) in [5.74, 6) is 1.03. The van der Waals surface area contributed by atoms with Gasteiger partial charge in [0.25, 0.3) is 0 Å². The fourth-order valence-corrected chi connectivity index (χ4v) is 3.29. The molecule has 0 atom stereocenters. The number of aromatic nitrogens is 1. The number of pyridine rings is 1. The van der Waals surface area contributed by atoms with Crippen molar-refractivity contribution in [1.29, 1.82) is 0 Å². The van der Waals surface area contributed by atoms with Gasteiger partial charge in [0.1, 0.15) is 5.39 Å². The molecule has 3 aromatic rings. The highest BCUT2D eigenvalue weighted by atomic mass is 35.5. The van der Waals surface area contributed by atoms with Gasteiger partial charge in [0, 0.05) is 18.0 Å². The van der Waals surface area contributed by atoms with E-state index in [1.54, 1.807) is 45.4 Å². The molecule has 0 amide bonds. The second kappa shape index (κ2) is 6.38. The van der Waals surface area contributed by atoms with Crippen LogP contribution >= 0.6 is 23.2 Å². The zero-order chi connectivity index (χ0) is 17.4. The second-order valence-electron chi connectivity index (χ2n) is 5.32. The van der Waals surface area contributed by atoms with E-state index in [0.29, 0.717) is 43.9 Å². The van der Waals surface area contributed by atoms with Gasteiger partial charge in [-0.15, -0.1) is 0 Å². The first-order chi connectivity index (χ1) is 11.5. The van der Waals surface area contributed by atoms with Crippen LogP contribution < -0.4 is 14.2 Å². The van der Waals surface area contributed by atoms with Gasteiger partial charge in [0.2, 0.25) is 5.69 Å². The maximum atomic E-state index is 12.8. The SMILES string of the molecule is COc1ccc2cc(C)[n+]([O-])c(-c3ccc(Cl)cc3Cl)c2c1OC. The normalized spacial score (nSPS) is 10.9. The van der Waals surface area contributed by atoms with E-state index in [1.807, 2.05) is 12.1 Å². The number of methoxy groups -OCH3 is 2. The van der Waals surface area contributed by atoms with Gasteiger partial charge in [0.15, 0.2) is 17.2 Å². The van der Waals surface area contributed by atoms with Crippen LogP contribution in [0, 0.1) is 12.1 Å². The summed E-state index contributed by atoms with van der Waals surface area (Å²) in [4.78, 5) is 0. The number of fused-ring (bicyclic) bond motifs is 1. The summed E-state index contributed by atoms with van der Waals surface area (Å²) in [5.41, 5.74) is 1.54. The molecule has 24 heavy (non-hydrogen) atoms. The third-order valence-electron chi connectivity index (χ3n) is 3.89. The Hall–Kier alpha value is -2.17. The molecule has 6 heteroatoms. The Balaban J connectivity index is 2.51. The topological polar surface area (TPSA) is 45.4 Å². The lowest BCUT2D eigenvalue weighted by molar-refractivity contribution is -0.599. The van der Waals surface area contributed by atoms with Crippen molar-refractivity contribution in [3.63, 3.8) is 0 Å². The summed E-state index contributed by atoms with van der Waals surface area (Å²) in [5, 5.41) is 15.2. The van der Waals surface area contributed by atoms with Gasteiger partial charge in [-0.3, -0.25) is 0 Å². The molecule has 0 unspecified atom stereocenters. The number of nitrogens with zero attached hydrogens (tertiary/aromatic N) is 1. The molecule has 1 aromatic heterocycles. The van der Waals surface area contributed by atoms with Crippen LogP contribution in [0.4, 0.5) is 0 Å². The van der Waals surface area contributed by atoms with Crippen molar-refractivity contribution >= 4 is 34.0 Å². The van der Waals surface area contributed by atoms with Gasteiger partial charge >= 0.3 is 0 Å². The molecule has 0 aliphatic rings. The van der Waals surface area contributed by atoms with Crippen LogP contribution in [-0.2, 0) is 0 Å². The first-order valence-corrected chi connectivity index (χ1v) is 7.96. The quantitative estimate of drug-likeness (QED) is 0.497. The molecule has 1 heterocycles. The Morgan fingerprint density at radius 3 is 2.38 bits per heavy atom. The predicted octanol–water partition coefficient (Wildman–Crippen LogP) is 4.77. The molecule has 0 aliphatic heterocycles. The highest BCUT2D eigenvalue weighted by Crippen LogP contribution is 2.41. The molecular formula is C18H15Cl2NO3. The van der Waals surface area contributed by atoms with Crippen molar-refractivity contribution < 1.29 is 14.2 Å². The predicted molar refractivity (Wildman–Crippen MR) is 96.2 cm³/mol. The zero-order valence-corrected chi connectivity index (χ0v) is 14.9. The Bertz CT molecular complexity index is 941. The average Bonchev–Trinajstić information content (AvgIpc) is 2.56. The van der Waals surface area contributed by atoms with Gasteiger partial charge in [0.05, 0.1) is 24.8 Å². The van der Waals surface area contributed by atoms with Crippen LogP contribution in [0.25, 0.3) is 22.0 Å². The number of benzene rings is 2. The third-order valence-corrected chi connectivity index (χ3v) is 4.44. The van der Waals surface area contributed by atoms with Gasteiger partial charge < -0.3 is 14.7 Å². The highest BCUT2D eigenvalue weighted by molar-refractivity contribution is 6.36. The van der Waals surface area contributed by atoms with Gasteiger partial charge in [-0.2, -0.15) is 4.73 Å². The molecule has 0 saturated heterocycles. The molecule has 0 fully saturated rings. The summed E-state index contributed by atoms with van der Waals surface area (Å²) in [7, 11) is 3.09. The van der Waals surface area contributed by atoms with Gasteiger partial charge in [-0.25, -0.2) is 0 Å². The molecule has 0 aliphatic carbocycles. The van der Waals surface area contributed by atoms with E-state index in [0.717, 1.165) is 10.1 Å². The monoisotopic (exact) mass is 363 g/mol. The molecule has 124 valence electrons. The Morgan fingerprint density at radius 1 is 1.00 bits per heavy atom. The van der Waals surface area contributed by atoms with Gasteiger partial charge in [-0.1, -0.05) is 23.2 Å². The van der Waals surface area contributed by atoms with Crippen LogP contribution in [0.5, 0.6) is 11.5 Å².